The van der Waals surface area contributed by atoms with E-state index in [1.165, 1.54) is 4.90 Å². The molecule has 2 bridgehead atoms. The van der Waals surface area contributed by atoms with E-state index in [0.29, 0.717) is 23.6 Å². The number of nitrogens with zero attached hydrogens (tertiary/aromatic N) is 1. The Morgan fingerprint density at radius 1 is 0.811 bits per heavy atom. The van der Waals surface area contributed by atoms with Crippen LogP contribution >= 0.6 is 11.6 Å². The van der Waals surface area contributed by atoms with Crippen LogP contribution in [0.4, 0.5) is 5.69 Å². The first-order valence-corrected chi connectivity index (χ1v) is 13.2. The molecule has 3 aromatic rings. The van der Waals surface area contributed by atoms with Gasteiger partial charge in [-0.3, -0.25) is 14.4 Å². The number of fused-ring (bicyclic) bond motifs is 5. The van der Waals surface area contributed by atoms with Crippen molar-refractivity contribution in [1.29, 1.82) is 0 Å². The number of imide groups is 1. The Labute approximate surface area is 221 Å². The molecule has 0 radical (unpaired) electrons. The molecule has 3 aliphatic rings. The fourth-order valence-electron chi connectivity index (χ4n) is 7.33. The lowest BCUT2D eigenvalue weighted by atomic mass is 9.61. The van der Waals surface area contributed by atoms with Gasteiger partial charge >= 0.3 is 0 Å². The number of Topliss-reactive ketones (excluding diaryl/α,β-unsaturated/α-hetero) is 1. The highest BCUT2D eigenvalue weighted by Crippen LogP contribution is 2.75. The number of halogens is 1. The molecule has 5 heteroatoms. The van der Waals surface area contributed by atoms with Crippen LogP contribution in [0.25, 0.3) is 11.1 Å². The van der Waals surface area contributed by atoms with E-state index in [4.69, 9.17) is 11.6 Å². The predicted octanol–water partition coefficient (Wildman–Crippen LogP) is 6.75. The Hall–Kier alpha value is -3.50. The van der Waals surface area contributed by atoms with Crippen molar-refractivity contribution in [2.75, 3.05) is 4.90 Å². The molecule has 0 unspecified atom stereocenters. The van der Waals surface area contributed by atoms with E-state index in [1.807, 2.05) is 87.5 Å². The minimum Gasteiger partial charge on any atom is -0.298 e. The van der Waals surface area contributed by atoms with E-state index in [-0.39, 0.29) is 17.6 Å². The van der Waals surface area contributed by atoms with Crippen molar-refractivity contribution in [2.45, 2.75) is 33.6 Å². The number of carbonyl (C=O) groups is 3. The number of hydrogen-bond acceptors (Lipinski definition) is 3. The molecule has 2 aliphatic carbocycles. The van der Waals surface area contributed by atoms with Gasteiger partial charge in [-0.2, -0.15) is 0 Å². The van der Waals surface area contributed by atoms with Gasteiger partial charge in [0.25, 0.3) is 0 Å². The predicted molar refractivity (Wildman–Crippen MR) is 146 cm³/mol. The standard InChI is InChI=1S/C32H28ClNO3/c1-4-17-32-25(21-13-9-6-10-14-21)24(20-11-7-5-8-12-20)31(3,30(32)37)26-27(32)29(36)34(28(26)35)22-16-15-19(2)23(33)18-22/h5-16,18,26-27H,4,17H2,1-3H3/t26-,27-,31-,32+/m0/s1. The minimum atomic E-state index is -1.12. The van der Waals surface area contributed by atoms with E-state index in [0.717, 1.165) is 27.8 Å². The molecule has 1 heterocycles. The molecule has 0 spiro atoms. The maximum Gasteiger partial charge on any atom is 0.239 e. The van der Waals surface area contributed by atoms with Gasteiger partial charge in [0.1, 0.15) is 0 Å². The number of allylic oxidation sites excluding steroid dienone is 2. The molecule has 4 atom stereocenters. The zero-order valence-electron chi connectivity index (χ0n) is 21.1. The average molecular weight is 510 g/mol. The molecule has 1 saturated heterocycles. The minimum absolute atomic E-state index is 0.00200. The summed E-state index contributed by atoms with van der Waals surface area (Å²) < 4.78 is 0. The Morgan fingerprint density at radius 2 is 1.38 bits per heavy atom. The Morgan fingerprint density at radius 3 is 1.95 bits per heavy atom. The van der Waals surface area contributed by atoms with E-state index < -0.39 is 22.7 Å². The monoisotopic (exact) mass is 509 g/mol. The van der Waals surface area contributed by atoms with E-state index >= 15 is 0 Å². The third kappa shape index (κ3) is 2.93. The number of amides is 2. The number of anilines is 1. The summed E-state index contributed by atoms with van der Waals surface area (Å²) in [4.78, 5) is 44.4. The van der Waals surface area contributed by atoms with Gasteiger partial charge in [0.05, 0.1) is 28.4 Å². The van der Waals surface area contributed by atoms with Gasteiger partial charge in [0.2, 0.25) is 11.8 Å². The van der Waals surface area contributed by atoms with Gasteiger partial charge in [0, 0.05) is 5.02 Å². The SMILES string of the molecule is CCC[C@@]12C(=O)[C@@](C)(C(c3ccccc3)=C1c1ccccc1)[C@@H]1C(=O)N(c3ccc(C)c(Cl)c3)C(=O)[C@H]12. The fraction of sp³-hybridized carbons (Fsp3) is 0.281. The second-order valence-corrected chi connectivity index (χ2v) is 11.0. The molecule has 186 valence electrons. The molecule has 37 heavy (non-hydrogen) atoms. The lowest BCUT2D eigenvalue weighted by Gasteiger charge is -2.37. The number of aryl methyl sites for hydroxylation is 1. The van der Waals surface area contributed by atoms with E-state index in [9.17, 15) is 14.4 Å². The molecular formula is C32H28ClNO3. The summed E-state index contributed by atoms with van der Waals surface area (Å²) in [7, 11) is 0. The van der Waals surface area contributed by atoms with Crippen LogP contribution in [-0.2, 0) is 14.4 Å². The molecule has 4 nitrogen and oxygen atoms in total. The second-order valence-electron chi connectivity index (χ2n) is 10.6. The second kappa shape index (κ2) is 8.26. The summed E-state index contributed by atoms with van der Waals surface area (Å²) in [6, 6.07) is 25.0. The zero-order chi connectivity index (χ0) is 26.1. The summed E-state index contributed by atoms with van der Waals surface area (Å²) >= 11 is 6.40. The van der Waals surface area contributed by atoms with Gasteiger partial charge in [0.15, 0.2) is 5.78 Å². The van der Waals surface area contributed by atoms with Crippen LogP contribution in [0.1, 0.15) is 43.4 Å². The molecular weight excluding hydrogens is 482 g/mol. The van der Waals surface area contributed by atoms with Crippen molar-refractivity contribution in [2.24, 2.45) is 22.7 Å². The third-order valence-corrected chi connectivity index (χ3v) is 9.14. The van der Waals surface area contributed by atoms with Crippen LogP contribution in [-0.4, -0.2) is 17.6 Å². The fourth-order valence-corrected chi connectivity index (χ4v) is 7.51. The van der Waals surface area contributed by atoms with Crippen LogP contribution in [0, 0.1) is 29.6 Å². The van der Waals surface area contributed by atoms with Crippen LogP contribution in [0.2, 0.25) is 5.02 Å². The summed E-state index contributed by atoms with van der Waals surface area (Å²) in [5, 5.41) is 0.497. The van der Waals surface area contributed by atoms with Gasteiger partial charge in [-0.15, -0.1) is 0 Å². The zero-order valence-corrected chi connectivity index (χ0v) is 21.9. The number of benzene rings is 3. The number of rotatable bonds is 5. The van der Waals surface area contributed by atoms with Crippen LogP contribution < -0.4 is 4.90 Å². The molecule has 2 amide bonds. The molecule has 1 aliphatic heterocycles. The molecule has 3 aromatic carbocycles. The number of ketones is 1. The van der Waals surface area contributed by atoms with Crippen molar-refractivity contribution in [3.8, 4) is 0 Å². The van der Waals surface area contributed by atoms with Crippen LogP contribution in [0.5, 0.6) is 0 Å². The lowest BCUT2D eigenvalue weighted by Crippen LogP contribution is -2.41. The average Bonchev–Trinajstić information content (AvgIpc) is 3.37. The normalized spacial score (nSPS) is 28.4. The van der Waals surface area contributed by atoms with Crippen LogP contribution in [0.15, 0.2) is 78.9 Å². The first kappa shape index (κ1) is 23.9. The summed E-state index contributed by atoms with van der Waals surface area (Å²) in [5.41, 5.74) is 2.77. The molecule has 0 N–H and O–H groups in total. The first-order valence-electron chi connectivity index (χ1n) is 12.8. The topological polar surface area (TPSA) is 54.5 Å². The third-order valence-electron chi connectivity index (χ3n) is 8.73. The number of hydrogen-bond donors (Lipinski definition) is 0. The largest absolute Gasteiger partial charge is 0.298 e. The Kier molecular flexibility index (Phi) is 5.33. The van der Waals surface area contributed by atoms with Gasteiger partial charge in [-0.1, -0.05) is 91.7 Å². The van der Waals surface area contributed by atoms with Gasteiger partial charge in [-0.05, 0) is 60.2 Å². The number of carbonyl (C=O) groups excluding carboxylic acids is 3. The van der Waals surface area contributed by atoms with Gasteiger partial charge in [-0.25, -0.2) is 4.90 Å². The highest BCUT2D eigenvalue weighted by Gasteiger charge is 2.80. The first-order chi connectivity index (χ1) is 17.8. The summed E-state index contributed by atoms with van der Waals surface area (Å²) in [6.07, 6.45) is 1.21. The van der Waals surface area contributed by atoms with E-state index in [2.05, 4.69) is 0 Å². The summed E-state index contributed by atoms with van der Waals surface area (Å²) in [5.74, 6) is -2.13. The molecule has 0 aromatic heterocycles. The maximum absolute atomic E-state index is 14.6. The molecule has 1 saturated carbocycles. The Bertz CT molecular complexity index is 1490. The maximum atomic E-state index is 14.6. The Balaban J connectivity index is 1.65. The smallest absolute Gasteiger partial charge is 0.239 e. The van der Waals surface area contributed by atoms with Crippen molar-refractivity contribution in [3.05, 3.63) is 101 Å². The molecule has 6 rings (SSSR count). The van der Waals surface area contributed by atoms with Crippen molar-refractivity contribution in [3.63, 3.8) is 0 Å². The van der Waals surface area contributed by atoms with Crippen molar-refractivity contribution < 1.29 is 14.4 Å². The van der Waals surface area contributed by atoms with Crippen molar-refractivity contribution in [1.82, 2.24) is 0 Å². The molecule has 2 fully saturated rings. The highest BCUT2D eigenvalue weighted by molar-refractivity contribution is 6.35. The quantitative estimate of drug-likeness (QED) is 0.357. The highest BCUT2D eigenvalue weighted by atomic mass is 35.5. The summed E-state index contributed by atoms with van der Waals surface area (Å²) in [6.45, 7) is 5.81. The lowest BCUT2D eigenvalue weighted by molar-refractivity contribution is -0.134. The van der Waals surface area contributed by atoms with E-state index in [1.54, 1.807) is 12.1 Å². The van der Waals surface area contributed by atoms with Gasteiger partial charge < -0.3 is 0 Å². The van der Waals surface area contributed by atoms with Crippen molar-refractivity contribution >= 4 is 46.0 Å². The van der Waals surface area contributed by atoms with Crippen LogP contribution in [0.3, 0.4) is 0 Å².